The first kappa shape index (κ1) is 21.4. The van der Waals surface area contributed by atoms with Gasteiger partial charge < -0.3 is 9.15 Å². The van der Waals surface area contributed by atoms with Crippen LogP contribution in [0.25, 0.3) is 33.8 Å². The number of benzene rings is 2. The molecule has 0 aliphatic heterocycles. The van der Waals surface area contributed by atoms with Crippen LogP contribution in [0.1, 0.15) is 29.7 Å². The van der Waals surface area contributed by atoms with Gasteiger partial charge in [0.15, 0.2) is 11.1 Å². The summed E-state index contributed by atoms with van der Waals surface area (Å²) in [4.78, 5) is 31.5. The van der Waals surface area contributed by atoms with Gasteiger partial charge in [-0.05, 0) is 50.6 Å². The lowest BCUT2D eigenvalue weighted by atomic mass is 10.00. The first-order valence-corrected chi connectivity index (χ1v) is 10.7. The molecule has 1 atom stereocenters. The molecule has 34 heavy (non-hydrogen) atoms. The van der Waals surface area contributed by atoms with Crippen LogP contribution in [0.2, 0.25) is 0 Å². The van der Waals surface area contributed by atoms with Gasteiger partial charge in [-0.2, -0.15) is 0 Å². The molecule has 5 rings (SSSR count). The minimum atomic E-state index is -0.685. The van der Waals surface area contributed by atoms with Crippen molar-refractivity contribution in [3.63, 3.8) is 0 Å². The molecule has 1 N–H and O–H groups in total. The van der Waals surface area contributed by atoms with Crippen molar-refractivity contribution in [3.8, 4) is 28.6 Å². The van der Waals surface area contributed by atoms with Crippen LogP contribution in [0.5, 0.6) is 5.75 Å². The Morgan fingerprint density at radius 1 is 1.03 bits per heavy atom. The summed E-state index contributed by atoms with van der Waals surface area (Å²) in [6.07, 6.45) is 1.05. The lowest BCUT2D eigenvalue weighted by Gasteiger charge is -2.19. The number of aryl methyl sites for hydroxylation is 1. The number of hydrogen-bond donors (Lipinski definition) is 1. The fourth-order valence-corrected chi connectivity index (χ4v) is 3.98. The molecule has 0 saturated heterocycles. The monoisotopic (exact) mass is 455 g/mol. The highest BCUT2D eigenvalue weighted by molar-refractivity contribution is 5.84. The summed E-state index contributed by atoms with van der Waals surface area (Å²) in [6, 6.07) is 16.7. The largest absolute Gasteiger partial charge is 0.483 e. The van der Waals surface area contributed by atoms with Gasteiger partial charge in [-0.3, -0.25) is 14.3 Å². The summed E-state index contributed by atoms with van der Waals surface area (Å²) in [5.74, 6) is 0.398. The molecule has 8 nitrogen and oxygen atoms in total. The molecule has 0 fully saturated rings. The lowest BCUT2D eigenvalue weighted by molar-refractivity contribution is 0.227. The maximum atomic E-state index is 13.3. The van der Waals surface area contributed by atoms with Crippen molar-refractivity contribution in [3.05, 3.63) is 98.3 Å². The van der Waals surface area contributed by atoms with Crippen LogP contribution >= 0.6 is 0 Å². The average Bonchev–Trinajstić information content (AvgIpc) is 3.28. The summed E-state index contributed by atoms with van der Waals surface area (Å²) >= 11 is 0. The summed E-state index contributed by atoms with van der Waals surface area (Å²) in [6.45, 7) is 5.56. The smallest absolute Gasteiger partial charge is 0.439 e. The van der Waals surface area contributed by atoms with Crippen LogP contribution in [0.4, 0.5) is 0 Å². The Morgan fingerprint density at radius 2 is 1.82 bits per heavy atom. The van der Waals surface area contributed by atoms with Gasteiger partial charge in [0.05, 0.1) is 5.39 Å². The highest BCUT2D eigenvalue weighted by Gasteiger charge is 2.21. The number of H-pyrrole nitrogens is 1. The Hall–Kier alpha value is -4.46. The minimum absolute atomic E-state index is 0.0838. The van der Waals surface area contributed by atoms with Gasteiger partial charge in [-0.25, -0.2) is 9.78 Å². The van der Waals surface area contributed by atoms with Crippen LogP contribution in [0.15, 0.2) is 79.3 Å². The molecule has 0 amide bonds. The highest BCUT2D eigenvalue weighted by atomic mass is 16.5. The molecule has 3 heterocycles. The summed E-state index contributed by atoms with van der Waals surface area (Å²) in [5.41, 5.74) is 3.71. The maximum absolute atomic E-state index is 13.3. The second-order valence-electron chi connectivity index (χ2n) is 8.04. The second kappa shape index (κ2) is 8.47. The fraction of sp³-hybridized carbons (Fsp3) is 0.154. The SMILES string of the molecule is Cc1cc(C(C)Oc2cccnc2-c2noc(=O)[nH]2)c2oc(-c3ccccc3)c(C)c(=O)c2c1. The Labute approximate surface area is 193 Å². The second-order valence-corrected chi connectivity index (χ2v) is 8.04. The van der Waals surface area contributed by atoms with E-state index in [1.807, 2.05) is 56.3 Å². The zero-order valence-electron chi connectivity index (χ0n) is 18.8. The van der Waals surface area contributed by atoms with Crippen LogP contribution in [0, 0.1) is 13.8 Å². The molecular formula is C26H21N3O5. The third-order valence-corrected chi connectivity index (χ3v) is 5.60. The average molecular weight is 455 g/mol. The predicted octanol–water partition coefficient (Wildman–Crippen LogP) is 4.96. The Bertz CT molecular complexity index is 1620. The fourth-order valence-electron chi connectivity index (χ4n) is 3.98. The molecule has 3 aromatic heterocycles. The van der Waals surface area contributed by atoms with Crippen molar-refractivity contribution in [2.45, 2.75) is 26.9 Å². The van der Waals surface area contributed by atoms with Crippen LogP contribution in [-0.2, 0) is 0 Å². The van der Waals surface area contributed by atoms with Gasteiger partial charge in [0.25, 0.3) is 0 Å². The molecule has 0 aliphatic rings. The zero-order valence-corrected chi connectivity index (χ0v) is 18.8. The number of nitrogens with zero attached hydrogens (tertiary/aromatic N) is 2. The molecule has 1 unspecified atom stereocenters. The van der Waals surface area contributed by atoms with E-state index >= 15 is 0 Å². The molecule has 0 aliphatic carbocycles. The summed E-state index contributed by atoms with van der Waals surface area (Å²) < 4.78 is 17.2. The van der Waals surface area contributed by atoms with Crippen molar-refractivity contribution in [1.82, 2.24) is 15.1 Å². The van der Waals surface area contributed by atoms with Gasteiger partial charge in [0, 0.05) is 22.9 Å². The topological polar surface area (TPSA) is 111 Å². The van der Waals surface area contributed by atoms with E-state index in [4.69, 9.17) is 9.15 Å². The molecule has 0 spiro atoms. The number of nitrogens with one attached hydrogen (secondary N) is 1. The molecule has 2 aromatic carbocycles. The number of ether oxygens (including phenoxy) is 1. The van der Waals surface area contributed by atoms with E-state index in [0.717, 1.165) is 11.1 Å². The van der Waals surface area contributed by atoms with Gasteiger partial charge in [-0.15, -0.1) is 0 Å². The van der Waals surface area contributed by atoms with E-state index in [9.17, 15) is 9.59 Å². The van der Waals surface area contributed by atoms with E-state index in [1.165, 1.54) is 0 Å². The quantitative estimate of drug-likeness (QED) is 0.399. The number of pyridine rings is 1. The molecule has 0 radical (unpaired) electrons. The number of rotatable bonds is 5. The van der Waals surface area contributed by atoms with E-state index in [1.54, 1.807) is 25.3 Å². The minimum Gasteiger partial charge on any atom is -0.483 e. The third kappa shape index (κ3) is 3.79. The molecule has 5 aromatic rings. The number of hydrogen-bond acceptors (Lipinski definition) is 7. The van der Waals surface area contributed by atoms with Crippen LogP contribution in [-0.4, -0.2) is 15.1 Å². The van der Waals surface area contributed by atoms with E-state index < -0.39 is 11.9 Å². The number of fused-ring (bicyclic) bond motifs is 1. The highest BCUT2D eigenvalue weighted by Crippen LogP contribution is 2.34. The molecule has 0 saturated carbocycles. The summed E-state index contributed by atoms with van der Waals surface area (Å²) in [7, 11) is 0. The Morgan fingerprint density at radius 3 is 2.56 bits per heavy atom. The molecule has 8 heteroatoms. The van der Waals surface area contributed by atoms with Crippen molar-refractivity contribution in [2.24, 2.45) is 0 Å². The predicted molar refractivity (Wildman–Crippen MR) is 127 cm³/mol. The maximum Gasteiger partial charge on any atom is 0.439 e. The summed E-state index contributed by atoms with van der Waals surface area (Å²) in [5, 5.41) is 4.21. The van der Waals surface area contributed by atoms with Gasteiger partial charge in [-0.1, -0.05) is 35.5 Å². The van der Waals surface area contributed by atoms with E-state index in [0.29, 0.717) is 39.3 Å². The number of aromatic amines is 1. The van der Waals surface area contributed by atoms with Gasteiger partial charge >= 0.3 is 5.76 Å². The lowest BCUT2D eigenvalue weighted by Crippen LogP contribution is -2.11. The molecule has 0 bridgehead atoms. The first-order chi connectivity index (χ1) is 16.4. The third-order valence-electron chi connectivity index (χ3n) is 5.60. The molecular weight excluding hydrogens is 434 g/mol. The zero-order chi connectivity index (χ0) is 23.8. The molecule has 170 valence electrons. The van der Waals surface area contributed by atoms with Crippen LogP contribution < -0.4 is 15.9 Å². The standard InChI is InChI=1S/C26H21N3O5/c1-14-12-18(16(3)32-20-10-7-11-27-21(20)25-28-26(31)34-29-25)24-19(13-14)22(30)15(2)23(33-24)17-8-5-4-6-9-17/h4-13,16H,1-3H3,(H,28,29,31). The van der Waals surface area contributed by atoms with Crippen molar-refractivity contribution >= 4 is 11.0 Å². The Balaban J connectivity index is 1.64. The Kier molecular flexibility index (Phi) is 5.33. The normalized spacial score (nSPS) is 12.1. The van der Waals surface area contributed by atoms with Gasteiger partial charge in [0.2, 0.25) is 5.82 Å². The first-order valence-electron chi connectivity index (χ1n) is 10.7. The van der Waals surface area contributed by atoms with Crippen molar-refractivity contribution in [1.29, 1.82) is 0 Å². The van der Waals surface area contributed by atoms with Crippen LogP contribution in [0.3, 0.4) is 0 Å². The number of aromatic nitrogens is 3. The van der Waals surface area contributed by atoms with E-state index in [-0.39, 0.29) is 11.3 Å². The van der Waals surface area contributed by atoms with Crippen molar-refractivity contribution < 1.29 is 13.7 Å². The van der Waals surface area contributed by atoms with E-state index in [2.05, 4.69) is 19.6 Å². The van der Waals surface area contributed by atoms with Gasteiger partial charge in [0.1, 0.15) is 23.2 Å². The van der Waals surface area contributed by atoms with Crippen molar-refractivity contribution in [2.75, 3.05) is 0 Å².